The van der Waals surface area contributed by atoms with Gasteiger partial charge in [0.2, 0.25) is 5.91 Å². The lowest BCUT2D eigenvalue weighted by atomic mass is 10.2. The molecular weight excluding hydrogens is 256 g/mol. The Morgan fingerprint density at radius 1 is 1.35 bits per heavy atom. The Morgan fingerprint density at radius 3 is 2.65 bits per heavy atom. The molecule has 1 rings (SSSR count). The van der Waals surface area contributed by atoms with Crippen LogP contribution in [0.2, 0.25) is 0 Å². The summed E-state index contributed by atoms with van der Waals surface area (Å²) in [6.45, 7) is 7.07. The summed E-state index contributed by atoms with van der Waals surface area (Å²) in [5.74, 6) is -0.0996. The molecule has 0 aromatic carbocycles. The number of nitrogens with one attached hydrogen (secondary N) is 1. The fourth-order valence-corrected chi connectivity index (χ4v) is 1.84. The highest BCUT2D eigenvalue weighted by molar-refractivity contribution is 5.94. The van der Waals surface area contributed by atoms with E-state index < -0.39 is 0 Å². The van der Waals surface area contributed by atoms with Crippen LogP contribution in [0.5, 0.6) is 0 Å². The van der Waals surface area contributed by atoms with Crippen molar-refractivity contribution >= 4 is 11.8 Å². The molecule has 0 unspecified atom stereocenters. The summed E-state index contributed by atoms with van der Waals surface area (Å²) in [4.78, 5) is 25.7. The maximum absolute atomic E-state index is 12.2. The van der Waals surface area contributed by atoms with Gasteiger partial charge in [-0.15, -0.1) is 0 Å². The van der Waals surface area contributed by atoms with Gasteiger partial charge in [0, 0.05) is 25.6 Å². The van der Waals surface area contributed by atoms with Crippen molar-refractivity contribution in [2.24, 2.45) is 0 Å². The number of rotatable bonds is 8. The van der Waals surface area contributed by atoms with Crippen molar-refractivity contribution in [1.29, 1.82) is 0 Å². The van der Waals surface area contributed by atoms with Crippen LogP contribution in [0, 0.1) is 0 Å². The molecule has 1 aromatic rings. The van der Waals surface area contributed by atoms with Gasteiger partial charge in [0.05, 0.1) is 11.8 Å². The molecule has 0 saturated carbocycles. The van der Waals surface area contributed by atoms with Crippen molar-refractivity contribution in [2.45, 2.75) is 46.1 Å². The van der Waals surface area contributed by atoms with Crippen molar-refractivity contribution in [3.8, 4) is 0 Å². The third-order valence-corrected chi connectivity index (χ3v) is 3.18. The molecular formula is C15H24N2O3. The van der Waals surface area contributed by atoms with Crippen LogP contribution in [0.25, 0.3) is 0 Å². The Balaban J connectivity index is 2.51. The van der Waals surface area contributed by atoms with Crippen LogP contribution in [0.15, 0.2) is 23.0 Å². The maximum Gasteiger partial charge on any atom is 0.257 e. The zero-order valence-corrected chi connectivity index (χ0v) is 12.5. The normalized spacial score (nSPS) is 11.9. The molecule has 0 bridgehead atoms. The van der Waals surface area contributed by atoms with Gasteiger partial charge in [-0.05, 0) is 25.8 Å². The molecule has 1 aromatic heterocycles. The number of hydrogen-bond acceptors (Lipinski definition) is 3. The van der Waals surface area contributed by atoms with Crippen LogP contribution < -0.4 is 5.32 Å². The van der Waals surface area contributed by atoms with Crippen LogP contribution in [0.3, 0.4) is 0 Å². The lowest BCUT2D eigenvalue weighted by Crippen LogP contribution is -2.37. The van der Waals surface area contributed by atoms with E-state index in [9.17, 15) is 9.59 Å². The first kappa shape index (κ1) is 16.3. The standard InChI is InChI=1S/C15H24N2O3/c1-4-8-17(15(19)13-7-10-20-11-13)9-6-14(18)16-12(3)5-2/h7,10-12H,4-6,8-9H2,1-3H3,(H,16,18)/t12-/m1/s1. The summed E-state index contributed by atoms with van der Waals surface area (Å²) in [5.41, 5.74) is 0.529. The number of amides is 2. The zero-order chi connectivity index (χ0) is 15.0. The van der Waals surface area contributed by atoms with Crippen molar-refractivity contribution < 1.29 is 14.0 Å². The number of carbonyl (C=O) groups is 2. The van der Waals surface area contributed by atoms with Crippen LogP contribution in [0.4, 0.5) is 0 Å². The summed E-state index contributed by atoms with van der Waals surface area (Å²) in [7, 11) is 0. The third-order valence-electron chi connectivity index (χ3n) is 3.18. The number of nitrogens with zero attached hydrogens (tertiary/aromatic N) is 1. The minimum Gasteiger partial charge on any atom is -0.472 e. The van der Waals surface area contributed by atoms with E-state index in [1.54, 1.807) is 11.0 Å². The van der Waals surface area contributed by atoms with Gasteiger partial charge in [-0.3, -0.25) is 9.59 Å². The highest BCUT2D eigenvalue weighted by Crippen LogP contribution is 2.07. The average Bonchev–Trinajstić information content (AvgIpc) is 2.96. The van der Waals surface area contributed by atoms with E-state index in [2.05, 4.69) is 5.32 Å². The largest absolute Gasteiger partial charge is 0.472 e. The van der Waals surface area contributed by atoms with Crippen LogP contribution in [0.1, 0.15) is 50.4 Å². The summed E-state index contributed by atoms with van der Waals surface area (Å²) in [6.07, 6.45) is 5.00. The highest BCUT2D eigenvalue weighted by atomic mass is 16.3. The first-order chi connectivity index (χ1) is 9.58. The Morgan fingerprint density at radius 2 is 2.10 bits per heavy atom. The lowest BCUT2D eigenvalue weighted by molar-refractivity contribution is -0.121. The number of hydrogen-bond donors (Lipinski definition) is 1. The van der Waals surface area contributed by atoms with Crippen LogP contribution >= 0.6 is 0 Å². The van der Waals surface area contributed by atoms with Crippen molar-refractivity contribution in [3.05, 3.63) is 24.2 Å². The molecule has 2 amide bonds. The van der Waals surface area contributed by atoms with Gasteiger partial charge in [0.15, 0.2) is 0 Å². The van der Waals surface area contributed by atoms with Crippen molar-refractivity contribution in [1.82, 2.24) is 10.2 Å². The Hall–Kier alpha value is -1.78. The van der Waals surface area contributed by atoms with Gasteiger partial charge in [-0.25, -0.2) is 0 Å². The summed E-state index contributed by atoms with van der Waals surface area (Å²) < 4.78 is 4.93. The molecule has 112 valence electrons. The molecule has 20 heavy (non-hydrogen) atoms. The summed E-state index contributed by atoms with van der Waals surface area (Å²) in [6, 6.07) is 1.82. The fourth-order valence-electron chi connectivity index (χ4n) is 1.84. The second kappa shape index (κ2) is 8.40. The van der Waals surface area contributed by atoms with E-state index in [0.717, 1.165) is 12.8 Å². The summed E-state index contributed by atoms with van der Waals surface area (Å²) in [5, 5.41) is 2.91. The molecule has 1 N–H and O–H groups in total. The Labute approximate surface area is 120 Å². The molecule has 0 aliphatic carbocycles. The summed E-state index contributed by atoms with van der Waals surface area (Å²) >= 11 is 0. The number of furan rings is 1. The molecule has 1 heterocycles. The molecule has 5 nitrogen and oxygen atoms in total. The first-order valence-electron chi connectivity index (χ1n) is 7.19. The van der Waals surface area contributed by atoms with E-state index in [4.69, 9.17) is 4.42 Å². The average molecular weight is 280 g/mol. The Bertz CT molecular complexity index is 415. The molecule has 0 fully saturated rings. The molecule has 0 aliphatic heterocycles. The zero-order valence-electron chi connectivity index (χ0n) is 12.5. The molecule has 0 saturated heterocycles. The topological polar surface area (TPSA) is 62.6 Å². The molecule has 5 heteroatoms. The monoisotopic (exact) mass is 280 g/mol. The highest BCUT2D eigenvalue weighted by Gasteiger charge is 2.17. The second-order valence-electron chi connectivity index (χ2n) is 4.93. The SMILES string of the molecule is CCCN(CCC(=O)N[C@H](C)CC)C(=O)c1ccoc1. The van der Waals surface area contributed by atoms with E-state index in [0.29, 0.717) is 25.1 Å². The molecule has 0 spiro atoms. The van der Waals surface area contributed by atoms with E-state index in [1.165, 1.54) is 12.5 Å². The quantitative estimate of drug-likeness (QED) is 0.795. The van der Waals surface area contributed by atoms with E-state index in [-0.39, 0.29) is 17.9 Å². The number of carbonyl (C=O) groups excluding carboxylic acids is 2. The molecule has 0 radical (unpaired) electrons. The predicted octanol–water partition coefficient (Wildman–Crippen LogP) is 2.44. The first-order valence-corrected chi connectivity index (χ1v) is 7.19. The van der Waals surface area contributed by atoms with Gasteiger partial charge < -0.3 is 14.6 Å². The van der Waals surface area contributed by atoms with Gasteiger partial charge in [-0.2, -0.15) is 0 Å². The fraction of sp³-hybridized carbons (Fsp3) is 0.600. The lowest BCUT2D eigenvalue weighted by Gasteiger charge is -2.21. The smallest absolute Gasteiger partial charge is 0.257 e. The van der Waals surface area contributed by atoms with Crippen molar-refractivity contribution in [3.63, 3.8) is 0 Å². The van der Waals surface area contributed by atoms with E-state index in [1.807, 2.05) is 20.8 Å². The van der Waals surface area contributed by atoms with Crippen LogP contribution in [-0.2, 0) is 4.79 Å². The van der Waals surface area contributed by atoms with E-state index >= 15 is 0 Å². The van der Waals surface area contributed by atoms with Gasteiger partial charge in [0.1, 0.15) is 6.26 Å². The third kappa shape index (κ3) is 5.07. The predicted molar refractivity (Wildman–Crippen MR) is 77.4 cm³/mol. The Kier molecular flexibility index (Phi) is 6.84. The van der Waals surface area contributed by atoms with Gasteiger partial charge in [0.25, 0.3) is 5.91 Å². The van der Waals surface area contributed by atoms with Crippen LogP contribution in [-0.4, -0.2) is 35.8 Å². The minimum absolute atomic E-state index is 0.0135. The minimum atomic E-state index is -0.0862. The van der Waals surface area contributed by atoms with Gasteiger partial charge >= 0.3 is 0 Å². The van der Waals surface area contributed by atoms with Crippen molar-refractivity contribution in [2.75, 3.05) is 13.1 Å². The van der Waals surface area contributed by atoms with Gasteiger partial charge in [-0.1, -0.05) is 13.8 Å². The maximum atomic E-state index is 12.2. The second-order valence-corrected chi connectivity index (χ2v) is 4.93. The molecule has 1 atom stereocenters. The molecule has 0 aliphatic rings.